The van der Waals surface area contributed by atoms with Crippen LogP contribution in [-0.2, 0) is 38.6 Å². The number of rotatable bonds is 10. The molecule has 0 spiro atoms. The summed E-state index contributed by atoms with van der Waals surface area (Å²) < 4.78 is 35.2. The number of hydrogen-bond donors (Lipinski definition) is 2. The zero-order valence-electron chi connectivity index (χ0n) is 32.3. The molecule has 13 heteroatoms. The maximum atomic E-state index is 15.3. The molecule has 1 heterocycles. The van der Waals surface area contributed by atoms with Crippen molar-refractivity contribution in [2.24, 2.45) is 5.41 Å². The van der Waals surface area contributed by atoms with Gasteiger partial charge in [-0.3, -0.25) is 19.3 Å². The molecule has 0 saturated heterocycles. The average molecular weight is 749 g/mol. The molecule has 3 aromatic rings. The summed E-state index contributed by atoms with van der Waals surface area (Å²) in [4.78, 5) is 71.7. The second kappa shape index (κ2) is 16.4. The van der Waals surface area contributed by atoms with Gasteiger partial charge in [-0.05, 0) is 74.9 Å². The van der Waals surface area contributed by atoms with Crippen LogP contribution in [0.2, 0.25) is 0 Å². The van der Waals surface area contributed by atoms with Gasteiger partial charge in [0.1, 0.15) is 23.7 Å². The largest absolute Gasteiger partial charge is 0.478 e. The molecule has 0 aromatic heterocycles. The first-order chi connectivity index (χ1) is 25.1. The first-order valence-corrected chi connectivity index (χ1v) is 17.8. The summed E-state index contributed by atoms with van der Waals surface area (Å²) in [5, 5.41) is 12.3. The third-order valence-electron chi connectivity index (χ3n) is 9.59. The Hall–Kier alpha value is -5.33. The summed E-state index contributed by atoms with van der Waals surface area (Å²) >= 11 is 0. The highest BCUT2D eigenvalue weighted by Gasteiger charge is 2.44. The Morgan fingerprint density at radius 1 is 0.907 bits per heavy atom. The summed E-state index contributed by atoms with van der Waals surface area (Å²) in [5.41, 5.74) is 0.419. The summed E-state index contributed by atoms with van der Waals surface area (Å²) in [6.07, 6.45) is -0.625. The van der Waals surface area contributed by atoms with E-state index in [1.807, 2.05) is 24.3 Å². The van der Waals surface area contributed by atoms with Crippen LogP contribution in [0.3, 0.4) is 0 Å². The second-order valence-corrected chi connectivity index (χ2v) is 15.8. The highest BCUT2D eigenvalue weighted by atomic mass is 19.2. The van der Waals surface area contributed by atoms with Crippen molar-refractivity contribution in [3.63, 3.8) is 0 Å². The van der Waals surface area contributed by atoms with Crippen molar-refractivity contribution in [3.05, 3.63) is 106 Å². The third kappa shape index (κ3) is 9.61. The third-order valence-corrected chi connectivity index (χ3v) is 9.59. The monoisotopic (exact) mass is 748 g/mol. The second-order valence-electron chi connectivity index (χ2n) is 15.8. The number of carboxylic acids is 1. The quantitative estimate of drug-likeness (QED) is 0.242. The number of carbonyl (C=O) groups is 5. The maximum Gasteiger partial charge on any atom is 0.410 e. The Morgan fingerprint density at radius 2 is 1.52 bits per heavy atom. The fraction of sp³-hybridized carbons (Fsp3) is 0.439. The van der Waals surface area contributed by atoms with Gasteiger partial charge in [0.2, 0.25) is 17.7 Å². The van der Waals surface area contributed by atoms with E-state index >= 15 is 4.39 Å². The lowest BCUT2D eigenvalue weighted by Crippen LogP contribution is -2.62. The summed E-state index contributed by atoms with van der Waals surface area (Å²) in [6.45, 7) is 13.4. The molecule has 0 saturated carbocycles. The fourth-order valence-corrected chi connectivity index (χ4v) is 6.28. The minimum atomic E-state index is -1.16. The Labute approximate surface area is 315 Å². The van der Waals surface area contributed by atoms with Crippen LogP contribution < -0.4 is 5.32 Å². The smallest absolute Gasteiger partial charge is 0.410 e. The van der Waals surface area contributed by atoms with Crippen LogP contribution in [0.4, 0.5) is 13.6 Å². The normalized spacial score (nSPS) is 16.0. The molecule has 4 atom stereocenters. The number of hydrogen-bond acceptors (Lipinski definition) is 6. The van der Waals surface area contributed by atoms with E-state index in [1.165, 1.54) is 60.2 Å². The summed E-state index contributed by atoms with van der Waals surface area (Å²) in [7, 11) is 1.43. The molecular weight excluding hydrogens is 698 g/mol. The van der Waals surface area contributed by atoms with Gasteiger partial charge >= 0.3 is 12.1 Å². The Bertz CT molecular complexity index is 1890. The average Bonchev–Trinajstić information content (AvgIpc) is 3.10. The molecule has 4 amide bonds. The van der Waals surface area contributed by atoms with Crippen LogP contribution in [0, 0.1) is 17.0 Å². The van der Waals surface area contributed by atoms with Crippen LogP contribution >= 0.6 is 0 Å². The standard InChI is InChI=1S/C41H50F2N4O7/c1-24(30-15-12-16-31(42)33(30)43)46(22-26-17-19-27(20-18-26)38(51)52)36(49)32-21-28-13-10-11-14-29(28)23-47(32)37(50)34(40(3,4)5)44-35(48)25(2)45(9)39(53)54-41(6,7)8/h10-20,24-25,32,34H,21-23H2,1-9H3,(H,44,48)(H,51,52)/t24-,25+,32+,34-/m1/s1. The lowest BCUT2D eigenvalue weighted by molar-refractivity contribution is -0.152. The van der Waals surface area contributed by atoms with E-state index in [0.29, 0.717) is 5.56 Å². The lowest BCUT2D eigenvalue weighted by Gasteiger charge is -2.43. The van der Waals surface area contributed by atoms with E-state index in [-0.39, 0.29) is 30.6 Å². The minimum Gasteiger partial charge on any atom is -0.478 e. The van der Waals surface area contributed by atoms with E-state index in [0.717, 1.165) is 22.1 Å². The SMILES string of the molecule is C[C@H](c1cccc(F)c1F)N(Cc1ccc(C(=O)O)cc1)C(=O)[C@@H]1Cc2ccccc2CN1C(=O)[C@@H](NC(=O)[C@H](C)N(C)C(=O)OC(C)(C)C)C(C)(C)C. The predicted octanol–water partition coefficient (Wildman–Crippen LogP) is 6.49. The molecule has 0 aliphatic carbocycles. The molecule has 1 aliphatic rings. The van der Waals surface area contributed by atoms with E-state index < -0.39 is 76.6 Å². The van der Waals surface area contributed by atoms with Crippen LogP contribution in [0.15, 0.2) is 66.7 Å². The van der Waals surface area contributed by atoms with Gasteiger partial charge in [0.25, 0.3) is 0 Å². The molecular formula is C41H50F2N4O7. The number of carbonyl (C=O) groups excluding carboxylic acids is 4. The molecule has 0 bridgehead atoms. The highest BCUT2D eigenvalue weighted by molar-refractivity contribution is 5.95. The first-order valence-electron chi connectivity index (χ1n) is 17.8. The van der Waals surface area contributed by atoms with E-state index in [1.54, 1.807) is 48.5 Å². The van der Waals surface area contributed by atoms with Crippen LogP contribution in [0.5, 0.6) is 0 Å². The van der Waals surface area contributed by atoms with Crippen molar-refractivity contribution in [3.8, 4) is 0 Å². The number of aromatic carboxylic acids is 1. The predicted molar refractivity (Wildman–Crippen MR) is 198 cm³/mol. The highest BCUT2D eigenvalue weighted by Crippen LogP contribution is 2.33. The van der Waals surface area contributed by atoms with Crippen molar-refractivity contribution in [1.82, 2.24) is 20.0 Å². The van der Waals surface area contributed by atoms with Gasteiger partial charge < -0.3 is 25.0 Å². The van der Waals surface area contributed by atoms with Crippen molar-refractivity contribution < 1.29 is 42.6 Å². The van der Waals surface area contributed by atoms with Crippen molar-refractivity contribution >= 4 is 29.8 Å². The van der Waals surface area contributed by atoms with Crippen LogP contribution in [0.25, 0.3) is 0 Å². The van der Waals surface area contributed by atoms with Gasteiger partial charge in [-0.2, -0.15) is 0 Å². The topological polar surface area (TPSA) is 137 Å². The number of nitrogens with one attached hydrogen (secondary N) is 1. The molecule has 0 fully saturated rings. The Kier molecular flexibility index (Phi) is 12.5. The molecule has 1 aliphatic heterocycles. The Morgan fingerprint density at radius 3 is 2.09 bits per heavy atom. The van der Waals surface area contributed by atoms with Gasteiger partial charge in [0, 0.05) is 32.1 Å². The van der Waals surface area contributed by atoms with Gasteiger partial charge in [-0.25, -0.2) is 18.4 Å². The maximum absolute atomic E-state index is 15.3. The number of halogens is 2. The van der Waals surface area contributed by atoms with Crippen LogP contribution in [0.1, 0.15) is 94.0 Å². The number of ether oxygens (including phenoxy) is 1. The lowest BCUT2D eigenvalue weighted by atomic mass is 9.84. The number of fused-ring (bicyclic) bond motifs is 1. The van der Waals surface area contributed by atoms with Crippen molar-refractivity contribution in [2.45, 2.75) is 105 Å². The minimum absolute atomic E-state index is 0.0189. The molecule has 0 unspecified atom stereocenters. The fourth-order valence-electron chi connectivity index (χ4n) is 6.28. The van der Waals surface area contributed by atoms with Crippen LogP contribution in [-0.4, -0.2) is 80.4 Å². The number of benzene rings is 3. The number of carboxylic acid groups (broad SMARTS) is 1. The van der Waals surface area contributed by atoms with E-state index in [2.05, 4.69) is 5.32 Å². The number of nitrogens with zero attached hydrogens (tertiary/aromatic N) is 3. The Balaban J connectivity index is 1.75. The number of amides is 4. The molecule has 290 valence electrons. The first kappa shape index (κ1) is 41.4. The molecule has 0 radical (unpaired) electrons. The van der Waals surface area contributed by atoms with Crippen molar-refractivity contribution in [2.75, 3.05) is 7.05 Å². The summed E-state index contributed by atoms with van der Waals surface area (Å²) in [6, 6.07) is 12.6. The molecule has 11 nitrogen and oxygen atoms in total. The zero-order valence-corrected chi connectivity index (χ0v) is 32.3. The molecule has 3 aromatic carbocycles. The van der Waals surface area contributed by atoms with Gasteiger partial charge in [-0.1, -0.05) is 69.3 Å². The summed E-state index contributed by atoms with van der Waals surface area (Å²) in [5.74, 6) is -5.06. The zero-order chi connectivity index (χ0) is 40.3. The number of likely N-dealkylation sites (N-methyl/N-ethyl adjacent to an activating group) is 1. The molecule has 4 rings (SSSR count). The van der Waals surface area contributed by atoms with E-state index in [4.69, 9.17) is 4.74 Å². The van der Waals surface area contributed by atoms with E-state index in [9.17, 15) is 33.5 Å². The van der Waals surface area contributed by atoms with Gasteiger partial charge in [0.05, 0.1) is 11.6 Å². The van der Waals surface area contributed by atoms with Crippen molar-refractivity contribution in [1.29, 1.82) is 0 Å². The van der Waals surface area contributed by atoms with Gasteiger partial charge in [-0.15, -0.1) is 0 Å². The molecule has 54 heavy (non-hydrogen) atoms. The van der Waals surface area contributed by atoms with Gasteiger partial charge in [0.15, 0.2) is 11.6 Å². The molecule has 2 N–H and O–H groups in total.